The highest BCUT2D eigenvalue weighted by Gasteiger charge is 2.47. The molecule has 160 valence electrons. The Hall–Kier alpha value is -3.54. The number of rotatable bonds is 3. The van der Waals surface area contributed by atoms with Crippen LogP contribution in [0.2, 0.25) is 0 Å². The van der Waals surface area contributed by atoms with Crippen LogP contribution in [0.25, 0.3) is 0 Å². The van der Waals surface area contributed by atoms with Crippen molar-refractivity contribution in [2.75, 3.05) is 25.0 Å². The number of hydrogen-bond donors (Lipinski definition) is 1. The summed E-state index contributed by atoms with van der Waals surface area (Å²) in [5.41, 5.74) is 0.536. The van der Waals surface area contributed by atoms with E-state index in [0.717, 1.165) is 17.3 Å². The maximum absolute atomic E-state index is 13.1. The third-order valence-corrected chi connectivity index (χ3v) is 5.82. The lowest BCUT2D eigenvalue weighted by Gasteiger charge is -2.39. The van der Waals surface area contributed by atoms with Crippen molar-refractivity contribution < 1.29 is 22.7 Å². The quantitative estimate of drug-likeness (QED) is 0.751. The van der Waals surface area contributed by atoms with Gasteiger partial charge in [0.1, 0.15) is 11.6 Å². The number of ether oxygens (including phenoxy) is 1. The van der Waals surface area contributed by atoms with Crippen LogP contribution in [0.5, 0.6) is 5.75 Å². The SMILES string of the molecule is N#C/N=C1\Nc2ccccc2C12CCN(C(=O)COc1ccccc1C(F)(F)F)CC2. The molecule has 2 aromatic carbocycles. The number of benzene rings is 2. The Morgan fingerprint density at radius 2 is 1.84 bits per heavy atom. The maximum Gasteiger partial charge on any atom is 0.419 e. The summed E-state index contributed by atoms with van der Waals surface area (Å²) in [7, 11) is 0. The van der Waals surface area contributed by atoms with Crippen molar-refractivity contribution in [1.82, 2.24) is 4.90 Å². The van der Waals surface area contributed by atoms with Crippen molar-refractivity contribution in [2.45, 2.75) is 24.4 Å². The fourth-order valence-corrected chi connectivity index (χ4v) is 4.27. The molecular weight excluding hydrogens is 409 g/mol. The largest absolute Gasteiger partial charge is 0.483 e. The van der Waals surface area contributed by atoms with Crippen molar-refractivity contribution in [3.8, 4) is 11.9 Å². The highest BCUT2D eigenvalue weighted by molar-refractivity contribution is 6.10. The van der Waals surface area contributed by atoms with Gasteiger partial charge in [-0.3, -0.25) is 4.79 Å². The Morgan fingerprint density at radius 1 is 1.16 bits per heavy atom. The molecule has 1 N–H and O–H groups in total. The van der Waals surface area contributed by atoms with E-state index in [1.165, 1.54) is 18.2 Å². The summed E-state index contributed by atoms with van der Waals surface area (Å²) in [5.74, 6) is -0.183. The van der Waals surface area contributed by atoms with Gasteiger partial charge < -0.3 is 15.0 Å². The molecular formula is C22H19F3N4O2. The van der Waals surface area contributed by atoms with Crippen LogP contribution in [0.1, 0.15) is 24.0 Å². The van der Waals surface area contributed by atoms with Gasteiger partial charge in [-0.25, -0.2) is 0 Å². The smallest absolute Gasteiger partial charge is 0.419 e. The van der Waals surface area contributed by atoms with E-state index in [2.05, 4.69) is 10.3 Å². The molecule has 0 radical (unpaired) electrons. The summed E-state index contributed by atoms with van der Waals surface area (Å²) in [6, 6.07) is 12.5. The Morgan fingerprint density at radius 3 is 2.55 bits per heavy atom. The lowest BCUT2D eigenvalue weighted by Crippen LogP contribution is -2.49. The van der Waals surface area contributed by atoms with Crippen molar-refractivity contribution >= 4 is 17.4 Å². The number of alkyl halides is 3. The van der Waals surface area contributed by atoms with Gasteiger partial charge in [0.25, 0.3) is 5.91 Å². The number of anilines is 1. The number of carbonyl (C=O) groups is 1. The fourth-order valence-electron chi connectivity index (χ4n) is 4.27. The van der Waals surface area contributed by atoms with Gasteiger partial charge in [0, 0.05) is 18.8 Å². The summed E-state index contributed by atoms with van der Waals surface area (Å²) in [6.45, 7) is 0.279. The summed E-state index contributed by atoms with van der Waals surface area (Å²) in [5, 5.41) is 12.3. The lowest BCUT2D eigenvalue weighted by molar-refractivity contribution is -0.141. The molecule has 2 aliphatic rings. The van der Waals surface area contributed by atoms with Gasteiger partial charge in [-0.2, -0.15) is 23.4 Å². The first-order chi connectivity index (χ1) is 14.8. The van der Waals surface area contributed by atoms with Crippen molar-refractivity contribution in [1.29, 1.82) is 5.26 Å². The molecule has 1 amide bonds. The van der Waals surface area contributed by atoms with Crippen LogP contribution < -0.4 is 10.1 Å². The molecule has 0 unspecified atom stereocenters. The van der Waals surface area contributed by atoms with Gasteiger partial charge in [0.2, 0.25) is 6.19 Å². The second-order valence-electron chi connectivity index (χ2n) is 7.48. The van der Waals surface area contributed by atoms with Gasteiger partial charge in [-0.05, 0) is 36.6 Å². The second kappa shape index (κ2) is 7.95. The summed E-state index contributed by atoms with van der Waals surface area (Å²) in [6.07, 6.45) is -1.63. The molecule has 1 spiro atoms. The van der Waals surface area contributed by atoms with E-state index in [4.69, 9.17) is 10.00 Å². The topological polar surface area (TPSA) is 77.7 Å². The minimum Gasteiger partial charge on any atom is -0.483 e. The van der Waals surface area contributed by atoms with E-state index in [1.807, 2.05) is 30.5 Å². The molecule has 2 aliphatic heterocycles. The first kappa shape index (κ1) is 20.7. The first-order valence-corrected chi connectivity index (χ1v) is 9.76. The summed E-state index contributed by atoms with van der Waals surface area (Å²) in [4.78, 5) is 18.2. The van der Waals surface area contributed by atoms with E-state index in [-0.39, 0.29) is 11.7 Å². The number of carbonyl (C=O) groups excluding carboxylic acids is 1. The Kier molecular flexibility index (Phi) is 5.31. The van der Waals surface area contributed by atoms with Crippen LogP contribution >= 0.6 is 0 Å². The number of piperidine rings is 1. The van der Waals surface area contributed by atoms with Crippen molar-refractivity contribution in [3.05, 3.63) is 59.7 Å². The number of fused-ring (bicyclic) bond motifs is 2. The van der Waals surface area contributed by atoms with E-state index in [1.54, 1.807) is 4.90 Å². The number of nitriles is 1. The van der Waals surface area contributed by atoms with Crippen molar-refractivity contribution in [2.24, 2.45) is 4.99 Å². The number of nitrogens with zero attached hydrogens (tertiary/aromatic N) is 3. The fraction of sp³-hybridized carbons (Fsp3) is 0.318. The molecule has 2 aromatic rings. The molecule has 0 aliphatic carbocycles. The zero-order valence-corrected chi connectivity index (χ0v) is 16.4. The highest BCUT2D eigenvalue weighted by Crippen LogP contribution is 2.45. The predicted molar refractivity (Wildman–Crippen MR) is 108 cm³/mol. The number of amides is 1. The zero-order chi connectivity index (χ0) is 22.1. The number of nitrogens with one attached hydrogen (secondary N) is 1. The van der Waals surface area contributed by atoms with Crippen LogP contribution in [0.3, 0.4) is 0 Å². The molecule has 0 aromatic heterocycles. The maximum atomic E-state index is 13.1. The molecule has 1 fully saturated rings. The van der Waals surface area contributed by atoms with Crippen LogP contribution in [0, 0.1) is 11.5 Å². The predicted octanol–water partition coefficient (Wildman–Crippen LogP) is 3.95. The van der Waals surface area contributed by atoms with Crippen LogP contribution in [0.4, 0.5) is 18.9 Å². The van der Waals surface area contributed by atoms with Gasteiger partial charge >= 0.3 is 6.18 Å². The van der Waals surface area contributed by atoms with E-state index in [0.29, 0.717) is 31.8 Å². The Labute approximate surface area is 176 Å². The first-order valence-electron chi connectivity index (χ1n) is 9.76. The molecule has 0 saturated carbocycles. The molecule has 31 heavy (non-hydrogen) atoms. The number of para-hydroxylation sites is 2. The minimum absolute atomic E-state index is 0.366. The van der Waals surface area contributed by atoms with E-state index < -0.39 is 23.8 Å². The monoisotopic (exact) mass is 428 g/mol. The zero-order valence-electron chi connectivity index (χ0n) is 16.4. The van der Waals surface area contributed by atoms with Gasteiger partial charge in [-0.1, -0.05) is 30.3 Å². The Bertz CT molecular complexity index is 1070. The van der Waals surface area contributed by atoms with Gasteiger partial charge in [0.15, 0.2) is 6.61 Å². The number of halogens is 3. The normalized spacial score (nSPS) is 18.4. The molecule has 0 bridgehead atoms. The molecule has 6 nitrogen and oxygen atoms in total. The summed E-state index contributed by atoms with van der Waals surface area (Å²) < 4.78 is 44.5. The molecule has 2 heterocycles. The number of amidine groups is 1. The molecule has 9 heteroatoms. The molecule has 4 rings (SSSR count). The Balaban J connectivity index is 1.44. The third-order valence-electron chi connectivity index (χ3n) is 5.82. The van der Waals surface area contributed by atoms with Gasteiger partial charge in [0.05, 0.1) is 11.0 Å². The number of likely N-dealkylation sites (tertiary alicyclic amines) is 1. The molecule has 1 saturated heterocycles. The van der Waals surface area contributed by atoms with Crippen LogP contribution in [0.15, 0.2) is 53.5 Å². The third kappa shape index (κ3) is 3.81. The second-order valence-corrected chi connectivity index (χ2v) is 7.48. The minimum atomic E-state index is -4.56. The average molecular weight is 428 g/mol. The van der Waals surface area contributed by atoms with E-state index >= 15 is 0 Å². The number of aliphatic imine (C=N–C) groups is 1. The average Bonchev–Trinajstić information content (AvgIpc) is 3.05. The van der Waals surface area contributed by atoms with Gasteiger partial charge in [-0.15, -0.1) is 0 Å². The van der Waals surface area contributed by atoms with Crippen LogP contribution in [-0.4, -0.2) is 36.3 Å². The number of hydrogen-bond acceptors (Lipinski definition) is 4. The van der Waals surface area contributed by atoms with E-state index in [9.17, 15) is 18.0 Å². The van der Waals surface area contributed by atoms with Crippen molar-refractivity contribution in [3.63, 3.8) is 0 Å². The standard InChI is InChI=1S/C22H19F3N4O2/c23-22(24,25)16-6-2-4-8-18(16)31-13-19(30)29-11-9-21(10-12-29)15-5-1-3-7-17(15)28-20(21)27-14-26/h1-8H,9-13H2,(H,27,28). The van der Waals surface area contributed by atoms with Crippen LogP contribution in [-0.2, 0) is 16.4 Å². The highest BCUT2D eigenvalue weighted by atomic mass is 19.4. The molecule has 0 atom stereocenters. The summed E-state index contributed by atoms with van der Waals surface area (Å²) >= 11 is 0. The lowest BCUT2D eigenvalue weighted by atomic mass is 9.73.